The van der Waals surface area contributed by atoms with E-state index in [0.29, 0.717) is 11.1 Å². The Hall–Kier alpha value is -4.18. The van der Waals surface area contributed by atoms with Crippen LogP contribution < -0.4 is 0 Å². The SMILES string of the molecule is Cc1c(O)c(O)c(C(=C(c2ccccc2)c2ccccc2)c2ccccc2)c(O)c1O. The lowest BCUT2D eigenvalue weighted by Crippen LogP contribution is -1.99. The summed E-state index contributed by atoms with van der Waals surface area (Å²) >= 11 is 0. The Labute approximate surface area is 180 Å². The molecule has 4 aromatic rings. The van der Waals surface area contributed by atoms with E-state index in [1.165, 1.54) is 6.92 Å². The van der Waals surface area contributed by atoms with Crippen LogP contribution in [0.2, 0.25) is 0 Å². The number of hydrogen-bond acceptors (Lipinski definition) is 4. The van der Waals surface area contributed by atoms with Crippen molar-refractivity contribution in [2.24, 2.45) is 0 Å². The molecule has 4 heteroatoms. The number of benzene rings is 4. The molecule has 0 heterocycles. The van der Waals surface area contributed by atoms with Crippen LogP contribution in [0, 0.1) is 6.92 Å². The molecule has 0 bridgehead atoms. The van der Waals surface area contributed by atoms with Crippen LogP contribution in [0.25, 0.3) is 11.1 Å². The molecule has 4 aromatic carbocycles. The van der Waals surface area contributed by atoms with Crippen LogP contribution in [0.15, 0.2) is 91.0 Å². The molecule has 4 rings (SSSR count). The molecule has 0 aliphatic carbocycles. The number of hydrogen-bond donors (Lipinski definition) is 4. The van der Waals surface area contributed by atoms with Crippen molar-refractivity contribution < 1.29 is 20.4 Å². The summed E-state index contributed by atoms with van der Waals surface area (Å²) in [6, 6.07) is 28.5. The number of phenolic OH excluding ortho intramolecular Hbond substituents is 4. The first kappa shape index (κ1) is 20.1. The van der Waals surface area contributed by atoms with Gasteiger partial charge in [0.25, 0.3) is 0 Å². The van der Waals surface area contributed by atoms with Crippen molar-refractivity contribution in [1.29, 1.82) is 0 Å². The second-order valence-electron chi connectivity index (χ2n) is 7.24. The molecule has 0 amide bonds. The number of aromatic hydroxyl groups is 4. The van der Waals surface area contributed by atoms with E-state index in [4.69, 9.17) is 0 Å². The van der Waals surface area contributed by atoms with E-state index in [0.717, 1.165) is 16.7 Å². The Morgan fingerprint density at radius 1 is 0.452 bits per heavy atom. The van der Waals surface area contributed by atoms with Crippen molar-refractivity contribution >= 4 is 11.1 Å². The fraction of sp³-hybridized carbons (Fsp3) is 0.0370. The highest BCUT2D eigenvalue weighted by molar-refractivity contribution is 6.07. The van der Waals surface area contributed by atoms with Gasteiger partial charge in [-0.1, -0.05) is 91.0 Å². The molecule has 31 heavy (non-hydrogen) atoms. The van der Waals surface area contributed by atoms with Crippen LogP contribution in [-0.4, -0.2) is 20.4 Å². The highest BCUT2D eigenvalue weighted by atomic mass is 16.3. The summed E-state index contributed by atoms with van der Waals surface area (Å²) in [4.78, 5) is 0. The molecule has 4 nitrogen and oxygen atoms in total. The summed E-state index contributed by atoms with van der Waals surface area (Å²) < 4.78 is 0. The van der Waals surface area contributed by atoms with Gasteiger partial charge in [0.1, 0.15) is 0 Å². The maximum Gasteiger partial charge on any atom is 0.169 e. The van der Waals surface area contributed by atoms with Crippen molar-refractivity contribution in [1.82, 2.24) is 0 Å². The summed E-state index contributed by atoms with van der Waals surface area (Å²) in [6.45, 7) is 1.43. The summed E-state index contributed by atoms with van der Waals surface area (Å²) in [5, 5.41) is 42.7. The standard InChI is InChI=1S/C27H22O4/c1-17-24(28)26(30)23(27(31)25(17)29)22(20-15-9-4-10-16-20)21(18-11-5-2-6-12-18)19-13-7-3-8-14-19/h2-16,28-31H,1H3. The predicted molar refractivity (Wildman–Crippen MR) is 122 cm³/mol. The van der Waals surface area contributed by atoms with Gasteiger partial charge in [-0.3, -0.25) is 0 Å². The van der Waals surface area contributed by atoms with Crippen LogP contribution in [-0.2, 0) is 0 Å². The summed E-state index contributed by atoms with van der Waals surface area (Å²) in [7, 11) is 0. The second-order valence-corrected chi connectivity index (χ2v) is 7.24. The molecule has 0 radical (unpaired) electrons. The van der Waals surface area contributed by atoms with Crippen LogP contribution in [0.1, 0.15) is 27.8 Å². The third kappa shape index (κ3) is 3.60. The van der Waals surface area contributed by atoms with Gasteiger partial charge in [0.2, 0.25) is 0 Å². The monoisotopic (exact) mass is 410 g/mol. The van der Waals surface area contributed by atoms with E-state index >= 15 is 0 Å². The maximum absolute atomic E-state index is 10.9. The van der Waals surface area contributed by atoms with E-state index in [2.05, 4.69) is 0 Å². The van der Waals surface area contributed by atoms with Crippen molar-refractivity contribution in [3.05, 3.63) is 119 Å². The van der Waals surface area contributed by atoms with Gasteiger partial charge in [-0.2, -0.15) is 0 Å². The minimum absolute atomic E-state index is 0.00661. The van der Waals surface area contributed by atoms with Crippen molar-refractivity contribution in [2.75, 3.05) is 0 Å². The number of phenols is 4. The maximum atomic E-state index is 10.9. The predicted octanol–water partition coefficient (Wildman–Crippen LogP) is 5.82. The van der Waals surface area contributed by atoms with Gasteiger partial charge in [0.15, 0.2) is 23.0 Å². The molecule has 0 unspecified atom stereocenters. The van der Waals surface area contributed by atoms with Crippen LogP contribution in [0.3, 0.4) is 0 Å². The molecule has 0 spiro atoms. The molecule has 0 saturated carbocycles. The van der Waals surface area contributed by atoms with Crippen molar-refractivity contribution in [2.45, 2.75) is 6.92 Å². The molecule has 154 valence electrons. The topological polar surface area (TPSA) is 80.9 Å². The Morgan fingerprint density at radius 3 is 1.13 bits per heavy atom. The minimum atomic E-state index is -0.490. The molecule has 0 atom stereocenters. The fourth-order valence-corrected chi connectivity index (χ4v) is 3.74. The van der Waals surface area contributed by atoms with Crippen molar-refractivity contribution in [3.63, 3.8) is 0 Å². The van der Waals surface area contributed by atoms with E-state index < -0.39 is 23.0 Å². The zero-order chi connectivity index (χ0) is 22.0. The third-order valence-electron chi connectivity index (χ3n) is 5.32. The first-order valence-corrected chi connectivity index (χ1v) is 9.88. The summed E-state index contributed by atoms with van der Waals surface area (Å²) in [5.74, 6) is -1.93. The van der Waals surface area contributed by atoms with Gasteiger partial charge in [-0.15, -0.1) is 0 Å². The molecule has 0 saturated heterocycles. The molecule has 0 aliphatic heterocycles. The van der Waals surface area contributed by atoms with E-state index in [1.807, 2.05) is 91.0 Å². The normalized spacial score (nSPS) is 10.6. The molecular weight excluding hydrogens is 388 g/mol. The van der Waals surface area contributed by atoms with Gasteiger partial charge in [-0.05, 0) is 29.2 Å². The molecular formula is C27H22O4. The lowest BCUT2D eigenvalue weighted by Gasteiger charge is -2.21. The second kappa shape index (κ2) is 8.28. The van der Waals surface area contributed by atoms with Crippen LogP contribution in [0.5, 0.6) is 23.0 Å². The van der Waals surface area contributed by atoms with E-state index in [-0.39, 0.29) is 11.1 Å². The van der Waals surface area contributed by atoms with E-state index in [1.54, 1.807) is 0 Å². The van der Waals surface area contributed by atoms with Gasteiger partial charge >= 0.3 is 0 Å². The Kier molecular flexibility index (Phi) is 5.37. The van der Waals surface area contributed by atoms with Gasteiger partial charge in [0.05, 0.1) is 5.56 Å². The van der Waals surface area contributed by atoms with Gasteiger partial charge < -0.3 is 20.4 Å². The zero-order valence-electron chi connectivity index (χ0n) is 16.9. The first-order chi connectivity index (χ1) is 15.0. The highest BCUT2D eigenvalue weighted by Crippen LogP contribution is 2.52. The van der Waals surface area contributed by atoms with Crippen LogP contribution >= 0.6 is 0 Å². The first-order valence-electron chi connectivity index (χ1n) is 9.88. The lowest BCUT2D eigenvalue weighted by molar-refractivity contribution is 0.366. The Bertz CT molecular complexity index is 1170. The average Bonchev–Trinajstić information content (AvgIpc) is 2.83. The summed E-state index contributed by atoms with van der Waals surface area (Å²) in [5.41, 5.74) is 3.61. The highest BCUT2D eigenvalue weighted by Gasteiger charge is 2.27. The lowest BCUT2D eigenvalue weighted by atomic mass is 9.84. The molecule has 0 aliphatic rings. The zero-order valence-corrected chi connectivity index (χ0v) is 16.9. The molecule has 4 N–H and O–H groups in total. The quantitative estimate of drug-likeness (QED) is 0.194. The van der Waals surface area contributed by atoms with E-state index in [9.17, 15) is 20.4 Å². The van der Waals surface area contributed by atoms with Gasteiger partial charge in [-0.25, -0.2) is 0 Å². The summed E-state index contributed by atoms with van der Waals surface area (Å²) in [6.07, 6.45) is 0. The largest absolute Gasteiger partial charge is 0.504 e. The Morgan fingerprint density at radius 2 is 0.774 bits per heavy atom. The van der Waals surface area contributed by atoms with Crippen LogP contribution in [0.4, 0.5) is 0 Å². The molecule has 0 fully saturated rings. The Balaban J connectivity index is 2.22. The molecule has 0 aromatic heterocycles. The smallest absolute Gasteiger partial charge is 0.169 e. The number of rotatable bonds is 4. The van der Waals surface area contributed by atoms with Crippen molar-refractivity contribution in [3.8, 4) is 23.0 Å². The third-order valence-corrected chi connectivity index (χ3v) is 5.32. The fourth-order valence-electron chi connectivity index (χ4n) is 3.74. The average molecular weight is 410 g/mol. The minimum Gasteiger partial charge on any atom is -0.504 e. The van der Waals surface area contributed by atoms with Gasteiger partial charge in [0, 0.05) is 11.1 Å².